The summed E-state index contributed by atoms with van der Waals surface area (Å²) in [5, 5.41) is 4.14. The summed E-state index contributed by atoms with van der Waals surface area (Å²) in [6.07, 6.45) is 2.32. The molecule has 0 amide bonds. The zero-order valence-electron chi connectivity index (χ0n) is 15.9. The lowest BCUT2D eigenvalue weighted by Crippen LogP contribution is -2.41. The van der Waals surface area contributed by atoms with Gasteiger partial charge in [-0.25, -0.2) is 0 Å². The molecular weight excluding hydrogens is 352 g/mol. The second-order valence-corrected chi connectivity index (χ2v) is 6.80. The van der Waals surface area contributed by atoms with Crippen molar-refractivity contribution < 1.29 is 9.47 Å². The summed E-state index contributed by atoms with van der Waals surface area (Å²) in [7, 11) is 3.83. The van der Waals surface area contributed by atoms with E-state index >= 15 is 0 Å². The number of nitrogens with one attached hydrogen (secondary N) is 1. The minimum Gasteiger partial charge on any atom is -0.492 e. The lowest BCUT2D eigenvalue weighted by Gasteiger charge is -2.26. The monoisotopic (exact) mass is 382 g/mol. The number of likely N-dealkylation sites (N-methyl/N-ethyl adjacent to an activating group) is 1. The number of morpholine rings is 1. The Morgan fingerprint density at radius 1 is 1.27 bits per heavy atom. The van der Waals surface area contributed by atoms with Gasteiger partial charge in [0.05, 0.1) is 19.8 Å². The van der Waals surface area contributed by atoms with Gasteiger partial charge in [-0.3, -0.25) is 9.89 Å². The van der Waals surface area contributed by atoms with Crippen molar-refractivity contribution in [3.63, 3.8) is 0 Å². The van der Waals surface area contributed by atoms with E-state index in [1.165, 1.54) is 6.42 Å². The van der Waals surface area contributed by atoms with Gasteiger partial charge >= 0.3 is 0 Å². The molecule has 0 atom stereocenters. The molecular formula is C19H31ClN4O2. The summed E-state index contributed by atoms with van der Waals surface area (Å²) in [4.78, 5) is 8.90. The molecule has 26 heavy (non-hydrogen) atoms. The van der Waals surface area contributed by atoms with Gasteiger partial charge in [0.15, 0.2) is 5.96 Å². The van der Waals surface area contributed by atoms with Crippen LogP contribution in [0.1, 0.15) is 12.8 Å². The lowest BCUT2D eigenvalue weighted by molar-refractivity contribution is 0.0372. The van der Waals surface area contributed by atoms with E-state index in [-0.39, 0.29) is 0 Å². The average molecular weight is 383 g/mol. The molecule has 0 aliphatic carbocycles. The molecule has 7 heteroatoms. The molecule has 1 aromatic carbocycles. The standard InChI is InChI=1S/C19H31ClN4O2/c1-21-19(22-9-3-4-10-24-12-14-25-15-13-24)23(2)11-16-26-18-7-5-17(20)6-8-18/h5-8H,3-4,9-16H2,1-2H3,(H,21,22). The molecule has 0 spiro atoms. The minimum absolute atomic E-state index is 0.593. The maximum absolute atomic E-state index is 5.88. The van der Waals surface area contributed by atoms with Crippen LogP contribution >= 0.6 is 11.6 Å². The first-order valence-corrected chi connectivity index (χ1v) is 9.67. The molecule has 0 saturated carbocycles. The molecule has 1 saturated heterocycles. The van der Waals surface area contributed by atoms with Crippen LogP contribution in [0.4, 0.5) is 0 Å². The molecule has 1 fully saturated rings. The van der Waals surface area contributed by atoms with Gasteiger partial charge in [0.1, 0.15) is 12.4 Å². The van der Waals surface area contributed by atoms with Crippen molar-refractivity contribution in [2.24, 2.45) is 4.99 Å². The van der Waals surface area contributed by atoms with Gasteiger partial charge in [-0.1, -0.05) is 11.6 Å². The van der Waals surface area contributed by atoms with Gasteiger partial charge in [-0.05, 0) is 43.7 Å². The van der Waals surface area contributed by atoms with E-state index in [9.17, 15) is 0 Å². The van der Waals surface area contributed by atoms with Crippen LogP contribution in [0.3, 0.4) is 0 Å². The minimum atomic E-state index is 0.593. The fourth-order valence-corrected chi connectivity index (χ4v) is 2.93. The summed E-state index contributed by atoms with van der Waals surface area (Å²) in [5.41, 5.74) is 0. The summed E-state index contributed by atoms with van der Waals surface area (Å²) in [5.74, 6) is 1.73. The second-order valence-electron chi connectivity index (χ2n) is 6.36. The van der Waals surface area contributed by atoms with E-state index in [0.717, 1.165) is 64.1 Å². The largest absolute Gasteiger partial charge is 0.492 e. The molecule has 6 nitrogen and oxygen atoms in total. The molecule has 1 aromatic rings. The summed E-state index contributed by atoms with van der Waals surface area (Å²) in [6, 6.07) is 7.42. The van der Waals surface area contributed by atoms with E-state index in [0.29, 0.717) is 11.6 Å². The third kappa shape index (κ3) is 7.81. The zero-order valence-corrected chi connectivity index (χ0v) is 16.7. The van der Waals surface area contributed by atoms with E-state index in [1.807, 2.05) is 38.4 Å². The number of halogens is 1. The highest BCUT2D eigenvalue weighted by atomic mass is 35.5. The Bertz CT molecular complexity index is 533. The van der Waals surface area contributed by atoms with Gasteiger partial charge in [0.25, 0.3) is 0 Å². The maximum Gasteiger partial charge on any atom is 0.193 e. The van der Waals surface area contributed by atoms with E-state index in [2.05, 4.69) is 20.1 Å². The predicted octanol–water partition coefficient (Wildman–Crippen LogP) is 2.34. The highest BCUT2D eigenvalue weighted by Gasteiger charge is 2.09. The number of unbranched alkanes of at least 4 members (excludes halogenated alkanes) is 1. The highest BCUT2D eigenvalue weighted by Crippen LogP contribution is 2.15. The zero-order chi connectivity index (χ0) is 18.6. The maximum atomic E-state index is 5.88. The van der Waals surface area contributed by atoms with Crippen LogP contribution in [0, 0.1) is 0 Å². The van der Waals surface area contributed by atoms with Crippen molar-refractivity contribution in [2.75, 3.05) is 66.6 Å². The van der Waals surface area contributed by atoms with Crippen LogP contribution in [0.2, 0.25) is 5.02 Å². The number of guanidine groups is 1. The predicted molar refractivity (Wildman–Crippen MR) is 107 cm³/mol. The molecule has 0 bridgehead atoms. The Morgan fingerprint density at radius 3 is 2.69 bits per heavy atom. The molecule has 146 valence electrons. The fourth-order valence-electron chi connectivity index (χ4n) is 2.81. The molecule has 1 N–H and O–H groups in total. The smallest absolute Gasteiger partial charge is 0.193 e. The van der Waals surface area contributed by atoms with E-state index in [1.54, 1.807) is 0 Å². The molecule has 0 aromatic heterocycles. The van der Waals surface area contributed by atoms with Crippen molar-refractivity contribution in [1.82, 2.24) is 15.1 Å². The van der Waals surface area contributed by atoms with E-state index < -0.39 is 0 Å². The lowest BCUT2D eigenvalue weighted by atomic mass is 10.2. The number of rotatable bonds is 9. The second kappa shape index (κ2) is 12.0. The summed E-state index contributed by atoms with van der Waals surface area (Å²) >= 11 is 5.88. The van der Waals surface area contributed by atoms with Crippen LogP contribution in [0.15, 0.2) is 29.3 Å². The quantitative estimate of drug-likeness (QED) is 0.403. The molecule has 2 rings (SSSR count). The van der Waals surface area contributed by atoms with Gasteiger partial charge in [-0.2, -0.15) is 0 Å². The average Bonchev–Trinajstić information content (AvgIpc) is 2.67. The van der Waals surface area contributed by atoms with Crippen LogP contribution in [-0.4, -0.2) is 82.4 Å². The summed E-state index contributed by atoms with van der Waals surface area (Å²) in [6.45, 7) is 7.29. The Morgan fingerprint density at radius 2 is 2.00 bits per heavy atom. The van der Waals surface area contributed by atoms with Gasteiger partial charge < -0.3 is 19.7 Å². The van der Waals surface area contributed by atoms with Crippen LogP contribution in [-0.2, 0) is 4.74 Å². The number of nitrogens with zero attached hydrogens (tertiary/aromatic N) is 3. The molecule has 1 aliphatic heterocycles. The number of hydrogen-bond acceptors (Lipinski definition) is 4. The Hall–Kier alpha value is -1.50. The van der Waals surface area contributed by atoms with Crippen molar-refractivity contribution in [1.29, 1.82) is 0 Å². The van der Waals surface area contributed by atoms with Crippen molar-refractivity contribution >= 4 is 17.6 Å². The number of benzene rings is 1. The van der Waals surface area contributed by atoms with Crippen LogP contribution < -0.4 is 10.1 Å². The van der Waals surface area contributed by atoms with Gasteiger partial charge in [0.2, 0.25) is 0 Å². The van der Waals surface area contributed by atoms with Gasteiger partial charge in [0, 0.05) is 38.8 Å². The normalized spacial score (nSPS) is 15.7. The van der Waals surface area contributed by atoms with Gasteiger partial charge in [-0.15, -0.1) is 0 Å². The Balaban J connectivity index is 1.57. The van der Waals surface area contributed by atoms with Crippen LogP contribution in [0.5, 0.6) is 5.75 Å². The topological polar surface area (TPSA) is 49.3 Å². The first-order chi connectivity index (χ1) is 12.7. The van der Waals surface area contributed by atoms with Crippen molar-refractivity contribution in [3.05, 3.63) is 29.3 Å². The van der Waals surface area contributed by atoms with E-state index in [4.69, 9.17) is 21.1 Å². The number of hydrogen-bond donors (Lipinski definition) is 1. The Kier molecular flexibility index (Phi) is 9.60. The summed E-state index contributed by atoms with van der Waals surface area (Å²) < 4.78 is 11.1. The molecule has 0 radical (unpaired) electrons. The molecule has 0 unspecified atom stereocenters. The van der Waals surface area contributed by atoms with Crippen molar-refractivity contribution in [2.45, 2.75) is 12.8 Å². The first kappa shape index (κ1) is 20.8. The third-order valence-electron chi connectivity index (χ3n) is 4.37. The fraction of sp³-hybridized carbons (Fsp3) is 0.632. The van der Waals surface area contributed by atoms with Crippen LogP contribution in [0.25, 0.3) is 0 Å². The third-order valence-corrected chi connectivity index (χ3v) is 4.62. The number of aliphatic imine (C=N–C) groups is 1. The molecule has 1 aliphatic rings. The first-order valence-electron chi connectivity index (χ1n) is 9.29. The highest BCUT2D eigenvalue weighted by molar-refractivity contribution is 6.30. The SMILES string of the molecule is CN=C(NCCCCN1CCOCC1)N(C)CCOc1ccc(Cl)cc1. The number of ether oxygens (including phenoxy) is 2. The molecule has 1 heterocycles. The Labute approximate surface area is 162 Å². The van der Waals surface area contributed by atoms with Crippen molar-refractivity contribution in [3.8, 4) is 5.75 Å².